The van der Waals surface area contributed by atoms with Gasteiger partial charge in [-0.2, -0.15) is 0 Å². The second-order valence-electron chi connectivity index (χ2n) is 4.79. The lowest BCUT2D eigenvalue weighted by Gasteiger charge is -2.19. The Hall–Kier alpha value is -1.33. The van der Waals surface area contributed by atoms with E-state index in [1.165, 1.54) is 12.6 Å². The van der Waals surface area contributed by atoms with Crippen molar-refractivity contribution >= 4 is 23.3 Å². The van der Waals surface area contributed by atoms with E-state index in [4.69, 9.17) is 11.6 Å². The van der Waals surface area contributed by atoms with Crippen molar-refractivity contribution in [3.63, 3.8) is 0 Å². The lowest BCUT2D eigenvalue weighted by molar-refractivity contribution is 0.0943. The number of nitrogens with zero attached hydrogens (tertiary/aromatic N) is 2. The number of carbonyl (C=O) groups is 1. The predicted octanol–water partition coefficient (Wildman–Crippen LogP) is 1.60. The molecular weight excluding hydrogens is 264 g/mol. The van der Waals surface area contributed by atoms with E-state index in [2.05, 4.69) is 27.6 Å². The highest BCUT2D eigenvalue weighted by Crippen LogP contribution is 2.19. The summed E-state index contributed by atoms with van der Waals surface area (Å²) in [5, 5.41) is 6.25. The van der Waals surface area contributed by atoms with Crippen LogP contribution in [0.2, 0.25) is 5.02 Å². The molecule has 1 aromatic heterocycles. The largest absolute Gasteiger partial charge is 0.372 e. The molecule has 104 valence electrons. The van der Waals surface area contributed by atoms with Crippen molar-refractivity contribution in [2.75, 3.05) is 32.5 Å². The number of hydrogen-bond donors (Lipinski definition) is 2. The summed E-state index contributed by atoms with van der Waals surface area (Å²) in [5.41, 5.74) is 0.490. The third-order valence-corrected chi connectivity index (χ3v) is 3.80. The Morgan fingerprint density at radius 3 is 3.00 bits per heavy atom. The van der Waals surface area contributed by atoms with Crippen molar-refractivity contribution in [2.45, 2.75) is 18.9 Å². The van der Waals surface area contributed by atoms with Crippen LogP contribution in [0.3, 0.4) is 0 Å². The molecule has 0 aliphatic carbocycles. The number of halogens is 1. The zero-order chi connectivity index (χ0) is 13.8. The number of pyridine rings is 1. The minimum absolute atomic E-state index is 0.127. The molecule has 1 aliphatic heterocycles. The average molecular weight is 283 g/mol. The van der Waals surface area contributed by atoms with Crippen LogP contribution >= 0.6 is 11.6 Å². The second kappa shape index (κ2) is 6.21. The van der Waals surface area contributed by atoms with Crippen LogP contribution in [0.4, 0.5) is 5.82 Å². The highest BCUT2D eigenvalue weighted by molar-refractivity contribution is 6.33. The predicted molar refractivity (Wildman–Crippen MR) is 76.8 cm³/mol. The number of likely N-dealkylation sites (tertiary alicyclic amines) is 1. The Morgan fingerprint density at radius 2 is 2.42 bits per heavy atom. The Bertz CT molecular complexity index is 466. The SMILES string of the molecule is CNc1ncc(C(=O)NCC2CCCN2C)cc1Cl. The van der Waals surface area contributed by atoms with Gasteiger partial charge in [-0.1, -0.05) is 11.6 Å². The molecule has 0 saturated carbocycles. The summed E-state index contributed by atoms with van der Waals surface area (Å²) >= 11 is 6.01. The number of anilines is 1. The number of amides is 1. The third kappa shape index (κ3) is 3.36. The van der Waals surface area contributed by atoms with Crippen LogP contribution in [0, 0.1) is 0 Å². The highest BCUT2D eigenvalue weighted by atomic mass is 35.5. The van der Waals surface area contributed by atoms with E-state index in [0.717, 1.165) is 13.0 Å². The van der Waals surface area contributed by atoms with Gasteiger partial charge >= 0.3 is 0 Å². The number of likely N-dealkylation sites (N-methyl/N-ethyl adjacent to an activating group) is 1. The maximum absolute atomic E-state index is 12.0. The zero-order valence-corrected chi connectivity index (χ0v) is 12.0. The average Bonchev–Trinajstić information content (AvgIpc) is 2.81. The van der Waals surface area contributed by atoms with Gasteiger partial charge < -0.3 is 15.5 Å². The first-order valence-corrected chi connectivity index (χ1v) is 6.81. The van der Waals surface area contributed by atoms with Gasteiger partial charge in [0, 0.05) is 25.8 Å². The van der Waals surface area contributed by atoms with E-state index in [9.17, 15) is 4.79 Å². The molecule has 1 unspecified atom stereocenters. The smallest absolute Gasteiger partial charge is 0.252 e. The molecule has 1 atom stereocenters. The van der Waals surface area contributed by atoms with Gasteiger partial charge in [-0.15, -0.1) is 0 Å². The van der Waals surface area contributed by atoms with Gasteiger partial charge in [-0.25, -0.2) is 4.98 Å². The molecular formula is C13H19ClN4O. The summed E-state index contributed by atoms with van der Waals surface area (Å²) < 4.78 is 0. The summed E-state index contributed by atoms with van der Waals surface area (Å²) in [6.07, 6.45) is 3.86. The van der Waals surface area contributed by atoms with Gasteiger partial charge in [0.05, 0.1) is 10.6 Å². The van der Waals surface area contributed by atoms with Crippen molar-refractivity contribution in [3.05, 3.63) is 22.8 Å². The monoisotopic (exact) mass is 282 g/mol. The first-order chi connectivity index (χ1) is 9.11. The maximum Gasteiger partial charge on any atom is 0.252 e. The minimum atomic E-state index is -0.127. The standard InChI is InChI=1S/C13H19ClN4O/c1-15-12-11(14)6-9(7-16-12)13(19)17-8-10-4-3-5-18(10)2/h6-7,10H,3-5,8H2,1-2H3,(H,15,16)(H,17,19). The lowest BCUT2D eigenvalue weighted by atomic mass is 10.2. The molecule has 1 aliphatic rings. The molecule has 0 bridgehead atoms. The fraction of sp³-hybridized carbons (Fsp3) is 0.538. The fourth-order valence-electron chi connectivity index (χ4n) is 2.30. The minimum Gasteiger partial charge on any atom is -0.372 e. The van der Waals surface area contributed by atoms with Gasteiger partial charge in [-0.3, -0.25) is 4.79 Å². The van der Waals surface area contributed by atoms with E-state index in [-0.39, 0.29) is 5.91 Å². The van der Waals surface area contributed by atoms with Crippen LogP contribution < -0.4 is 10.6 Å². The molecule has 1 aromatic rings. The third-order valence-electron chi connectivity index (χ3n) is 3.51. The molecule has 2 heterocycles. The second-order valence-corrected chi connectivity index (χ2v) is 5.20. The summed E-state index contributed by atoms with van der Waals surface area (Å²) in [5.74, 6) is 0.450. The van der Waals surface area contributed by atoms with E-state index >= 15 is 0 Å². The molecule has 0 aromatic carbocycles. The molecule has 1 saturated heterocycles. The number of carbonyl (C=O) groups excluding carboxylic acids is 1. The van der Waals surface area contributed by atoms with Crippen LogP contribution in [0.25, 0.3) is 0 Å². The van der Waals surface area contributed by atoms with Crippen LogP contribution in [-0.2, 0) is 0 Å². The van der Waals surface area contributed by atoms with Crippen LogP contribution in [0.5, 0.6) is 0 Å². The number of rotatable bonds is 4. The molecule has 19 heavy (non-hydrogen) atoms. The molecule has 0 radical (unpaired) electrons. The summed E-state index contributed by atoms with van der Waals surface area (Å²) in [7, 11) is 3.83. The Kier molecular flexibility index (Phi) is 4.61. The van der Waals surface area contributed by atoms with Gasteiger partial charge in [0.25, 0.3) is 5.91 Å². The Labute approximate surface area is 118 Å². The molecule has 2 N–H and O–H groups in total. The molecule has 6 heteroatoms. The molecule has 1 amide bonds. The van der Waals surface area contributed by atoms with Gasteiger partial charge in [0.2, 0.25) is 0 Å². The molecule has 2 rings (SSSR count). The number of nitrogens with one attached hydrogen (secondary N) is 2. The summed E-state index contributed by atoms with van der Waals surface area (Å²) in [4.78, 5) is 18.4. The highest BCUT2D eigenvalue weighted by Gasteiger charge is 2.21. The first-order valence-electron chi connectivity index (χ1n) is 6.43. The Morgan fingerprint density at radius 1 is 1.63 bits per heavy atom. The zero-order valence-electron chi connectivity index (χ0n) is 11.2. The van der Waals surface area contributed by atoms with Crippen molar-refractivity contribution in [2.24, 2.45) is 0 Å². The lowest BCUT2D eigenvalue weighted by Crippen LogP contribution is -2.38. The normalized spacial score (nSPS) is 19.4. The maximum atomic E-state index is 12.0. The van der Waals surface area contributed by atoms with Crippen molar-refractivity contribution in [3.8, 4) is 0 Å². The van der Waals surface area contributed by atoms with Crippen molar-refractivity contribution in [1.29, 1.82) is 0 Å². The summed E-state index contributed by atoms with van der Waals surface area (Å²) in [6, 6.07) is 2.07. The molecule has 1 fully saturated rings. The van der Waals surface area contributed by atoms with E-state index < -0.39 is 0 Å². The summed E-state index contributed by atoms with van der Waals surface area (Å²) in [6.45, 7) is 1.77. The number of hydrogen-bond acceptors (Lipinski definition) is 4. The molecule has 0 spiro atoms. The van der Waals surface area contributed by atoms with Gasteiger partial charge in [0.15, 0.2) is 0 Å². The van der Waals surface area contributed by atoms with Crippen molar-refractivity contribution in [1.82, 2.24) is 15.2 Å². The van der Waals surface area contributed by atoms with E-state index in [1.807, 2.05) is 0 Å². The van der Waals surface area contributed by atoms with Crippen LogP contribution in [0.1, 0.15) is 23.2 Å². The topological polar surface area (TPSA) is 57.3 Å². The van der Waals surface area contributed by atoms with Crippen LogP contribution in [0.15, 0.2) is 12.3 Å². The van der Waals surface area contributed by atoms with Crippen LogP contribution in [-0.4, -0.2) is 49.0 Å². The van der Waals surface area contributed by atoms with E-state index in [1.54, 1.807) is 13.1 Å². The fourth-order valence-corrected chi connectivity index (χ4v) is 2.56. The number of aromatic nitrogens is 1. The van der Waals surface area contributed by atoms with Gasteiger partial charge in [-0.05, 0) is 32.5 Å². The van der Waals surface area contributed by atoms with Gasteiger partial charge in [0.1, 0.15) is 5.82 Å². The quantitative estimate of drug-likeness (QED) is 0.881. The van der Waals surface area contributed by atoms with Crippen molar-refractivity contribution < 1.29 is 4.79 Å². The molecule has 5 nitrogen and oxygen atoms in total. The first kappa shape index (κ1) is 14.1. The Balaban J connectivity index is 1.94. The van der Waals surface area contributed by atoms with E-state index in [0.29, 0.717) is 29.0 Å².